The summed E-state index contributed by atoms with van der Waals surface area (Å²) in [5.74, 6) is 0.756. The van der Waals surface area contributed by atoms with Crippen molar-refractivity contribution in [3.63, 3.8) is 0 Å². The quantitative estimate of drug-likeness (QED) is 0.888. The number of amides is 1. The van der Waals surface area contributed by atoms with Crippen LogP contribution in [0, 0.1) is 11.8 Å². The van der Waals surface area contributed by atoms with Gasteiger partial charge in [-0.05, 0) is 36.7 Å². The predicted octanol–water partition coefficient (Wildman–Crippen LogP) is 2.34. The Morgan fingerprint density at radius 3 is 2.56 bits per heavy atom. The van der Waals surface area contributed by atoms with Crippen LogP contribution in [0.4, 0.5) is 0 Å². The first-order chi connectivity index (χ1) is 8.16. The summed E-state index contributed by atoms with van der Waals surface area (Å²) in [6.07, 6.45) is 0. The molecule has 2 rings (SSSR count). The van der Waals surface area contributed by atoms with E-state index in [-0.39, 0.29) is 24.2 Å². The zero-order valence-corrected chi connectivity index (χ0v) is 12.7. The summed E-state index contributed by atoms with van der Waals surface area (Å²) in [7, 11) is 0. The zero-order chi connectivity index (χ0) is 12.3. The normalized spacial score (nSPS) is 16.3. The van der Waals surface area contributed by atoms with E-state index in [1.54, 1.807) is 0 Å². The van der Waals surface area contributed by atoms with Crippen molar-refractivity contribution in [2.45, 2.75) is 13.5 Å². The van der Waals surface area contributed by atoms with Crippen LogP contribution < -0.4 is 10.6 Å². The summed E-state index contributed by atoms with van der Waals surface area (Å²) in [6, 6.07) is 8.00. The van der Waals surface area contributed by atoms with Crippen LogP contribution in [0.25, 0.3) is 0 Å². The minimum absolute atomic E-state index is 0. The van der Waals surface area contributed by atoms with Crippen molar-refractivity contribution in [3.05, 3.63) is 34.3 Å². The molecule has 1 aromatic carbocycles. The first kappa shape index (κ1) is 15.5. The molecule has 1 aliphatic heterocycles. The molecule has 1 saturated heterocycles. The molecule has 100 valence electrons. The van der Waals surface area contributed by atoms with Gasteiger partial charge in [0.25, 0.3) is 0 Å². The second-order valence-corrected chi connectivity index (χ2v) is 5.47. The lowest BCUT2D eigenvalue weighted by Gasteiger charge is -2.31. The van der Waals surface area contributed by atoms with Gasteiger partial charge in [0.2, 0.25) is 5.91 Å². The van der Waals surface area contributed by atoms with Gasteiger partial charge < -0.3 is 10.6 Å². The van der Waals surface area contributed by atoms with E-state index < -0.39 is 0 Å². The molecule has 18 heavy (non-hydrogen) atoms. The van der Waals surface area contributed by atoms with E-state index in [0.29, 0.717) is 12.5 Å². The SMILES string of the molecule is CC(C(=O)NCc1ccc(Br)cc1)C1CNC1.Cl. The maximum atomic E-state index is 11.9. The Balaban J connectivity index is 0.00000162. The second kappa shape index (κ2) is 7.12. The molecule has 0 spiro atoms. The Labute approximate surface area is 122 Å². The molecule has 1 unspecified atom stereocenters. The minimum atomic E-state index is 0. The summed E-state index contributed by atoms with van der Waals surface area (Å²) in [5, 5.41) is 6.18. The van der Waals surface area contributed by atoms with Gasteiger partial charge in [0.15, 0.2) is 0 Å². The number of carbonyl (C=O) groups is 1. The summed E-state index contributed by atoms with van der Waals surface area (Å²) in [6.45, 7) is 4.54. The molecule has 1 fully saturated rings. The Morgan fingerprint density at radius 1 is 1.44 bits per heavy atom. The summed E-state index contributed by atoms with van der Waals surface area (Å²) < 4.78 is 1.06. The fraction of sp³-hybridized carbons (Fsp3) is 0.462. The van der Waals surface area contributed by atoms with Crippen LogP contribution in [0.1, 0.15) is 12.5 Å². The van der Waals surface area contributed by atoms with Crippen molar-refractivity contribution in [2.24, 2.45) is 11.8 Å². The fourth-order valence-corrected chi connectivity index (χ4v) is 2.10. The summed E-state index contributed by atoms with van der Waals surface area (Å²) in [5.41, 5.74) is 1.13. The highest BCUT2D eigenvalue weighted by Gasteiger charge is 2.28. The first-order valence-electron chi connectivity index (χ1n) is 5.89. The lowest BCUT2D eigenvalue weighted by atomic mass is 9.88. The van der Waals surface area contributed by atoms with Crippen LogP contribution in [0.15, 0.2) is 28.7 Å². The third-order valence-corrected chi connectivity index (χ3v) is 3.84. The van der Waals surface area contributed by atoms with Gasteiger partial charge in [-0.2, -0.15) is 0 Å². The number of hydrogen-bond acceptors (Lipinski definition) is 2. The van der Waals surface area contributed by atoms with Crippen LogP contribution >= 0.6 is 28.3 Å². The largest absolute Gasteiger partial charge is 0.352 e. The van der Waals surface area contributed by atoms with Gasteiger partial charge in [0.1, 0.15) is 0 Å². The molecule has 0 aliphatic carbocycles. The van der Waals surface area contributed by atoms with Crippen LogP contribution in [-0.2, 0) is 11.3 Å². The van der Waals surface area contributed by atoms with E-state index in [0.717, 1.165) is 23.1 Å². The van der Waals surface area contributed by atoms with Crippen LogP contribution in [0.2, 0.25) is 0 Å². The standard InChI is InChI=1S/C13H17BrN2O.ClH/c1-9(11-7-15-8-11)13(17)16-6-10-2-4-12(14)5-3-10;/h2-5,9,11,15H,6-8H2,1H3,(H,16,17);1H. The number of halogens is 2. The summed E-state index contributed by atoms with van der Waals surface area (Å²) in [4.78, 5) is 11.9. The van der Waals surface area contributed by atoms with E-state index in [1.807, 2.05) is 31.2 Å². The Kier molecular flexibility index (Phi) is 6.12. The number of hydrogen-bond donors (Lipinski definition) is 2. The van der Waals surface area contributed by atoms with Gasteiger partial charge in [0.05, 0.1) is 0 Å². The van der Waals surface area contributed by atoms with Crippen molar-refractivity contribution in [1.29, 1.82) is 0 Å². The Hall–Kier alpha value is -0.580. The van der Waals surface area contributed by atoms with Crippen LogP contribution in [0.3, 0.4) is 0 Å². The maximum absolute atomic E-state index is 11.9. The van der Waals surface area contributed by atoms with E-state index >= 15 is 0 Å². The minimum Gasteiger partial charge on any atom is -0.352 e. The van der Waals surface area contributed by atoms with Crippen molar-refractivity contribution in [2.75, 3.05) is 13.1 Å². The lowest BCUT2D eigenvalue weighted by Crippen LogP contribution is -2.49. The van der Waals surface area contributed by atoms with E-state index in [1.165, 1.54) is 0 Å². The smallest absolute Gasteiger partial charge is 0.223 e. The number of carbonyl (C=O) groups excluding carboxylic acids is 1. The molecule has 1 amide bonds. The maximum Gasteiger partial charge on any atom is 0.223 e. The monoisotopic (exact) mass is 332 g/mol. The molecule has 0 radical (unpaired) electrons. The van der Waals surface area contributed by atoms with Gasteiger partial charge in [0, 0.05) is 16.9 Å². The van der Waals surface area contributed by atoms with Gasteiger partial charge in [-0.15, -0.1) is 12.4 Å². The van der Waals surface area contributed by atoms with Crippen molar-refractivity contribution in [1.82, 2.24) is 10.6 Å². The van der Waals surface area contributed by atoms with E-state index in [4.69, 9.17) is 0 Å². The molecular weight excluding hydrogens is 316 g/mol. The van der Waals surface area contributed by atoms with Crippen LogP contribution in [-0.4, -0.2) is 19.0 Å². The van der Waals surface area contributed by atoms with Gasteiger partial charge in [-0.1, -0.05) is 35.0 Å². The molecule has 3 nitrogen and oxygen atoms in total. The Morgan fingerprint density at radius 2 is 2.06 bits per heavy atom. The zero-order valence-electron chi connectivity index (χ0n) is 10.3. The molecule has 0 aromatic heterocycles. The lowest BCUT2D eigenvalue weighted by molar-refractivity contribution is -0.126. The van der Waals surface area contributed by atoms with Crippen molar-refractivity contribution < 1.29 is 4.79 Å². The van der Waals surface area contributed by atoms with Gasteiger partial charge >= 0.3 is 0 Å². The third kappa shape index (κ3) is 3.97. The molecule has 1 atom stereocenters. The molecule has 2 N–H and O–H groups in total. The molecular formula is C13H18BrClN2O. The van der Waals surface area contributed by atoms with E-state index in [2.05, 4.69) is 26.6 Å². The molecule has 1 heterocycles. The van der Waals surface area contributed by atoms with Gasteiger partial charge in [-0.25, -0.2) is 0 Å². The van der Waals surface area contributed by atoms with Crippen molar-refractivity contribution in [3.8, 4) is 0 Å². The second-order valence-electron chi connectivity index (χ2n) is 4.55. The molecule has 1 aliphatic rings. The van der Waals surface area contributed by atoms with E-state index in [9.17, 15) is 4.79 Å². The van der Waals surface area contributed by atoms with Crippen molar-refractivity contribution >= 4 is 34.2 Å². The van der Waals surface area contributed by atoms with Crippen LogP contribution in [0.5, 0.6) is 0 Å². The average molecular weight is 334 g/mol. The molecule has 1 aromatic rings. The fourth-order valence-electron chi connectivity index (χ4n) is 1.83. The molecule has 5 heteroatoms. The topological polar surface area (TPSA) is 41.1 Å². The Bertz CT molecular complexity index is 392. The summed E-state index contributed by atoms with van der Waals surface area (Å²) >= 11 is 3.39. The number of benzene rings is 1. The van der Waals surface area contributed by atoms with Gasteiger partial charge in [-0.3, -0.25) is 4.79 Å². The average Bonchev–Trinajstić information content (AvgIpc) is 2.25. The predicted molar refractivity (Wildman–Crippen MR) is 78.8 cm³/mol. The highest BCUT2D eigenvalue weighted by atomic mass is 79.9. The number of nitrogens with one attached hydrogen (secondary N) is 2. The molecule has 0 saturated carbocycles. The third-order valence-electron chi connectivity index (χ3n) is 3.31. The number of rotatable bonds is 4. The highest BCUT2D eigenvalue weighted by molar-refractivity contribution is 9.10. The highest BCUT2D eigenvalue weighted by Crippen LogP contribution is 2.16. The first-order valence-corrected chi connectivity index (χ1v) is 6.69. The molecule has 0 bridgehead atoms.